The van der Waals surface area contributed by atoms with Crippen LogP contribution in [-0.4, -0.2) is 44.7 Å². The highest BCUT2D eigenvalue weighted by Gasteiger charge is 2.20. The van der Waals surface area contributed by atoms with Crippen molar-refractivity contribution in [2.45, 2.75) is 38.1 Å². The monoisotopic (exact) mass is 178 g/mol. The summed E-state index contributed by atoms with van der Waals surface area (Å²) < 4.78 is 0. The summed E-state index contributed by atoms with van der Waals surface area (Å²) in [4.78, 5) is 10.1. The first-order valence-electron chi connectivity index (χ1n) is 3.69. The molecule has 0 bridgehead atoms. The van der Waals surface area contributed by atoms with Gasteiger partial charge in [-0.2, -0.15) is 0 Å². The quantitative estimate of drug-likeness (QED) is 0.431. The molecule has 4 N–H and O–H groups in total. The van der Waals surface area contributed by atoms with Crippen molar-refractivity contribution in [3.05, 3.63) is 0 Å². The van der Waals surface area contributed by atoms with Gasteiger partial charge >= 0.3 is 5.97 Å². The minimum Gasteiger partial charge on any atom is -0.481 e. The van der Waals surface area contributed by atoms with E-state index >= 15 is 0 Å². The third-order valence-electron chi connectivity index (χ3n) is 1.41. The van der Waals surface area contributed by atoms with Crippen LogP contribution in [-0.2, 0) is 4.79 Å². The number of aliphatic carboxylic acids is 1. The summed E-state index contributed by atoms with van der Waals surface area (Å²) in [6.45, 7) is 1.46. The van der Waals surface area contributed by atoms with Gasteiger partial charge in [0.2, 0.25) is 0 Å². The van der Waals surface area contributed by atoms with E-state index in [0.717, 1.165) is 0 Å². The Kier molecular flexibility index (Phi) is 4.80. The molecule has 0 radical (unpaired) electrons. The minimum atomic E-state index is -1.31. The van der Waals surface area contributed by atoms with Gasteiger partial charge in [0.25, 0.3) is 0 Å². The normalized spacial score (nSPS) is 18.3. The van der Waals surface area contributed by atoms with Gasteiger partial charge in [0.05, 0.1) is 24.7 Å². The van der Waals surface area contributed by atoms with Gasteiger partial charge in [-0.15, -0.1) is 0 Å². The molecule has 0 amide bonds. The minimum absolute atomic E-state index is 0.0194. The number of carboxylic acid groups (broad SMARTS) is 1. The van der Waals surface area contributed by atoms with E-state index in [0.29, 0.717) is 0 Å². The van der Waals surface area contributed by atoms with Crippen LogP contribution in [0.15, 0.2) is 0 Å². The molecule has 72 valence electrons. The highest BCUT2D eigenvalue weighted by molar-refractivity contribution is 5.67. The zero-order chi connectivity index (χ0) is 9.72. The molecule has 0 heterocycles. The molecule has 0 aliphatic rings. The smallest absolute Gasteiger partial charge is 0.306 e. The van der Waals surface area contributed by atoms with Crippen molar-refractivity contribution in [2.24, 2.45) is 0 Å². The van der Waals surface area contributed by atoms with Crippen LogP contribution in [0, 0.1) is 0 Å². The Balaban J connectivity index is 3.76. The van der Waals surface area contributed by atoms with E-state index in [9.17, 15) is 4.79 Å². The molecule has 0 saturated carbocycles. The molecule has 0 aromatic carbocycles. The lowest BCUT2D eigenvalue weighted by Gasteiger charge is -2.16. The number of aliphatic hydroxyl groups excluding tert-OH is 3. The Morgan fingerprint density at radius 1 is 1.25 bits per heavy atom. The second-order valence-corrected chi connectivity index (χ2v) is 2.82. The number of carbonyl (C=O) groups is 1. The lowest BCUT2D eigenvalue weighted by molar-refractivity contribution is -0.141. The molecular formula is C7H14O5. The van der Waals surface area contributed by atoms with E-state index in [1.54, 1.807) is 0 Å². The molecule has 3 atom stereocenters. The summed E-state index contributed by atoms with van der Waals surface area (Å²) in [6.07, 6.45) is -3.76. The van der Waals surface area contributed by atoms with Crippen molar-refractivity contribution in [2.75, 3.05) is 0 Å². The summed E-state index contributed by atoms with van der Waals surface area (Å²) in [7, 11) is 0. The molecule has 0 fully saturated rings. The molecule has 0 aromatic rings. The molecule has 0 spiro atoms. The van der Waals surface area contributed by atoms with Crippen LogP contribution in [0.4, 0.5) is 0 Å². The summed E-state index contributed by atoms with van der Waals surface area (Å²) >= 11 is 0. The number of rotatable bonds is 5. The average Bonchev–Trinajstić information content (AvgIpc) is 1.84. The van der Waals surface area contributed by atoms with Crippen LogP contribution in [0.3, 0.4) is 0 Å². The molecule has 12 heavy (non-hydrogen) atoms. The van der Waals surface area contributed by atoms with Crippen LogP contribution in [0.1, 0.15) is 19.8 Å². The first kappa shape index (κ1) is 11.4. The lowest BCUT2D eigenvalue weighted by Crippen LogP contribution is -2.31. The first-order valence-corrected chi connectivity index (χ1v) is 3.69. The lowest BCUT2D eigenvalue weighted by atomic mass is 10.1. The molecule has 0 saturated heterocycles. The van der Waals surface area contributed by atoms with Crippen molar-refractivity contribution in [1.82, 2.24) is 0 Å². The van der Waals surface area contributed by atoms with Crippen molar-refractivity contribution >= 4 is 5.97 Å². The maximum absolute atomic E-state index is 10.1. The van der Waals surface area contributed by atoms with E-state index in [-0.39, 0.29) is 6.42 Å². The van der Waals surface area contributed by atoms with Crippen LogP contribution in [0.25, 0.3) is 0 Å². The first-order chi connectivity index (χ1) is 5.43. The molecule has 0 aliphatic carbocycles. The number of aliphatic hydroxyl groups is 3. The Hall–Kier alpha value is -0.650. The molecule has 0 aromatic heterocycles. The molecule has 0 aliphatic heterocycles. The summed E-state index contributed by atoms with van der Waals surface area (Å²) in [5, 5.41) is 35.1. The van der Waals surface area contributed by atoms with Crippen LogP contribution in [0.2, 0.25) is 0 Å². The highest BCUT2D eigenvalue weighted by Crippen LogP contribution is 2.05. The van der Waals surface area contributed by atoms with Gasteiger partial charge in [-0.05, 0) is 6.92 Å². The van der Waals surface area contributed by atoms with E-state index in [1.165, 1.54) is 6.92 Å². The third kappa shape index (κ3) is 5.06. The second-order valence-electron chi connectivity index (χ2n) is 2.82. The molecule has 5 heteroatoms. The predicted octanol–water partition coefficient (Wildman–Crippen LogP) is -1.05. The van der Waals surface area contributed by atoms with Crippen molar-refractivity contribution in [3.8, 4) is 0 Å². The Bertz CT molecular complexity index is 145. The Morgan fingerprint density at radius 2 is 1.75 bits per heavy atom. The standard InChI is InChI=1S/C7H14O5/c1-4(8)2-5(9)6(10)3-7(11)12/h4-6,8-10H,2-3H2,1H3,(H,11,12). The summed E-state index contributed by atoms with van der Waals surface area (Å²) in [6, 6.07) is 0. The zero-order valence-electron chi connectivity index (χ0n) is 6.84. The van der Waals surface area contributed by atoms with Crippen molar-refractivity contribution < 1.29 is 25.2 Å². The summed E-state index contributed by atoms with van der Waals surface area (Å²) in [5.74, 6) is -1.17. The average molecular weight is 178 g/mol. The van der Waals surface area contributed by atoms with Crippen LogP contribution < -0.4 is 0 Å². The Labute approximate surface area is 70.3 Å². The number of hydrogen-bond acceptors (Lipinski definition) is 4. The fourth-order valence-electron chi connectivity index (χ4n) is 0.822. The van der Waals surface area contributed by atoms with Gasteiger partial charge in [-0.1, -0.05) is 0 Å². The zero-order valence-corrected chi connectivity index (χ0v) is 6.84. The fraction of sp³-hybridized carbons (Fsp3) is 0.857. The number of hydrogen-bond donors (Lipinski definition) is 4. The van der Waals surface area contributed by atoms with E-state index < -0.39 is 30.7 Å². The molecule has 0 rings (SSSR count). The van der Waals surface area contributed by atoms with Crippen LogP contribution in [0.5, 0.6) is 0 Å². The van der Waals surface area contributed by atoms with Crippen molar-refractivity contribution in [3.63, 3.8) is 0 Å². The van der Waals surface area contributed by atoms with Gasteiger partial charge in [0, 0.05) is 6.42 Å². The predicted molar refractivity (Wildman–Crippen MR) is 40.6 cm³/mol. The second kappa shape index (κ2) is 5.08. The topological polar surface area (TPSA) is 98.0 Å². The van der Waals surface area contributed by atoms with Gasteiger partial charge in [-0.25, -0.2) is 0 Å². The molecule has 5 nitrogen and oxygen atoms in total. The van der Waals surface area contributed by atoms with E-state index in [2.05, 4.69) is 0 Å². The van der Waals surface area contributed by atoms with Gasteiger partial charge in [0.15, 0.2) is 0 Å². The largest absolute Gasteiger partial charge is 0.481 e. The molecule has 3 unspecified atom stereocenters. The SMILES string of the molecule is CC(O)CC(O)C(O)CC(=O)O. The molecular weight excluding hydrogens is 164 g/mol. The van der Waals surface area contributed by atoms with Crippen molar-refractivity contribution in [1.29, 1.82) is 0 Å². The third-order valence-corrected chi connectivity index (χ3v) is 1.41. The maximum atomic E-state index is 10.1. The fourth-order valence-corrected chi connectivity index (χ4v) is 0.822. The highest BCUT2D eigenvalue weighted by atomic mass is 16.4. The number of carboxylic acids is 1. The maximum Gasteiger partial charge on any atom is 0.306 e. The summed E-state index contributed by atoms with van der Waals surface area (Å²) in [5.41, 5.74) is 0. The Morgan fingerprint density at radius 3 is 2.08 bits per heavy atom. The van der Waals surface area contributed by atoms with E-state index in [1.807, 2.05) is 0 Å². The van der Waals surface area contributed by atoms with E-state index in [4.69, 9.17) is 20.4 Å². The van der Waals surface area contributed by atoms with Crippen LogP contribution >= 0.6 is 0 Å². The van der Waals surface area contributed by atoms with Gasteiger partial charge in [-0.3, -0.25) is 4.79 Å². The van der Waals surface area contributed by atoms with Gasteiger partial charge < -0.3 is 20.4 Å². The van der Waals surface area contributed by atoms with Gasteiger partial charge in [0.1, 0.15) is 0 Å².